The van der Waals surface area contributed by atoms with Crippen LogP contribution in [0.1, 0.15) is 17.5 Å². The predicted molar refractivity (Wildman–Crippen MR) is 98.7 cm³/mol. The molecule has 5 heteroatoms. The highest BCUT2D eigenvalue weighted by molar-refractivity contribution is 5.78. The Morgan fingerprint density at radius 3 is 2.69 bits per heavy atom. The second kappa shape index (κ2) is 7.09. The van der Waals surface area contributed by atoms with Gasteiger partial charge in [0, 0.05) is 25.2 Å². The zero-order valence-corrected chi connectivity index (χ0v) is 14.8. The molecule has 2 aliphatic rings. The van der Waals surface area contributed by atoms with Crippen LogP contribution >= 0.6 is 0 Å². The number of likely N-dealkylation sites (tertiary alicyclic amines) is 1. The van der Waals surface area contributed by atoms with E-state index >= 15 is 0 Å². The van der Waals surface area contributed by atoms with Crippen LogP contribution in [0.2, 0.25) is 0 Å². The number of hydrogen-bond donors (Lipinski definition) is 1. The molecule has 1 amide bonds. The largest absolute Gasteiger partial charge is 0.492 e. The van der Waals surface area contributed by atoms with E-state index in [1.165, 1.54) is 0 Å². The number of nitrogens with zero attached hydrogens (tertiary/aromatic N) is 2. The van der Waals surface area contributed by atoms with Gasteiger partial charge in [-0.15, -0.1) is 0 Å². The fourth-order valence-electron chi connectivity index (χ4n) is 3.80. The van der Waals surface area contributed by atoms with Gasteiger partial charge in [0.25, 0.3) is 0 Å². The average Bonchev–Trinajstić information content (AvgIpc) is 2.96. The molecular weight excluding hydrogens is 328 g/mol. The molecule has 1 fully saturated rings. The van der Waals surface area contributed by atoms with Crippen LogP contribution in [0.4, 0.5) is 0 Å². The predicted octanol–water partition coefficient (Wildman–Crippen LogP) is 2.00. The summed E-state index contributed by atoms with van der Waals surface area (Å²) in [4.78, 5) is 16.7. The van der Waals surface area contributed by atoms with Gasteiger partial charge in [-0.2, -0.15) is 0 Å². The molecule has 0 spiro atoms. The van der Waals surface area contributed by atoms with E-state index in [1.54, 1.807) is 4.90 Å². The number of rotatable bonds is 3. The van der Waals surface area contributed by atoms with Gasteiger partial charge in [-0.1, -0.05) is 48.5 Å². The third-order valence-electron chi connectivity index (χ3n) is 5.30. The van der Waals surface area contributed by atoms with Gasteiger partial charge in [-0.25, -0.2) is 0 Å². The summed E-state index contributed by atoms with van der Waals surface area (Å²) in [5, 5.41) is 10.9. The van der Waals surface area contributed by atoms with Gasteiger partial charge in [-0.05, 0) is 18.1 Å². The lowest BCUT2D eigenvalue weighted by molar-refractivity contribution is -0.132. The van der Waals surface area contributed by atoms with Crippen molar-refractivity contribution in [1.29, 1.82) is 0 Å². The first-order valence-corrected chi connectivity index (χ1v) is 9.13. The molecule has 1 saturated heterocycles. The third-order valence-corrected chi connectivity index (χ3v) is 5.30. The van der Waals surface area contributed by atoms with Crippen molar-refractivity contribution < 1.29 is 14.6 Å². The van der Waals surface area contributed by atoms with E-state index in [0.29, 0.717) is 39.2 Å². The van der Waals surface area contributed by atoms with Crippen LogP contribution in [0.15, 0.2) is 54.6 Å². The molecule has 0 bridgehead atoms. The van der Waals surface area contributed by atoms with Crippen LogP contribution in [0, 0.1) is 0 Å². The van der Waals surface area contributed by atoms with Crippen LogP contribution in [-0.4, -0.2) is 53.6 Å². The molecule has 136 valence electrons. The summed E-state index contributed by atoms with van der Waals surface area (Å²) in [5.74, 6) is 0.971. The Morgan fingerprint density at radius 2 is 1.85 bits per heavy atom. The third kappa shape index (κ3) is 3.45. The lowest BCUT2D eigenvalue weighted by Gasteiger charge is -2.26. The highest BCUT2D eigenvalue weighted by atomic mass is 16.5. The van der Waals surface area contributed by atoms with Crippen LogP contribution < -0.4 is 4.74 Å². The summed E-state index contributed by atoms with van der Waals surface area (Å²) >= 11 is 0. The molecule has 4 rings (SSSR count). The minimum atomic E-state index is -0.939. The zero-order valence-electron chi connectivity index (χ0n) is 14.8. The van der Waals surface area contributed by atoms with Gasteiger partial charge in [0.2, 0.25) is 5.91 Å². The van der Waals surface area contributed by atoms with Crippen molar-refractivity contribution in [1.82, 2.24) is 9.80 Å². The van der Waals surface area contributed by atoms with Gasteiger partial charge >= 0.3 is 0 Å². The number of para-hydroxylation sites is 1. The van der Waals surface area contributed by atoms with E-state index in [1.807, 2.05) is 54.6 Å². The Balaban J connectivity index is 1.40. The zero-order chi connectivity index (χ0) is 18.0. The number of β-amino-alcohol motifs (C(OH)–C–C–N with tert-alkyl or cyclic N) is 1. The SMILES string of the molecule is O=C(CN1CCOc2ccccc2C1)N1CC[C@@](O)(c2ccccc2)C1. The summed E-state index contributed by atoms with van der Waals surface area (Å²) in [6.07, 6.45) is 0.578. The minimum Gasteiger partial charge on any atom is -0.492 e. The maximum absolute atomic E-state index is 12.8. The first kappa shape index (κ1) is 17.1. The Hall–Kier alpha value is -2.37. The molecule has 1 atom stereocenters. The molecule has 0 saturated carbocycles. The van der Waals surface area contributed by atoms with Gasteiger partial charge in [-0.3, -0.25) is 9.69 Å². The van der Waals surface area contributed by atoms with Gasteiger partial charge < -0.3 is 14.7 Å². The summed E-state index contributed by atoms with van der Waals surface area (Å²) < 4.78 is 5.77. The monoisotopic (exact) mass is 352 g/mol. The lowest BCUT2D eigenvalue weighted by atomic mass is 9.93. The van der Waals surface area contributed by atoms with E-state index < -0.39 is 5.60 Å². The molecule has 5 nitrogen and oxygen atoms in total. The molecule has 0 radical (unpaired) electrons. The second-order valence-electron chi connectivity index (χ2n) is 7.13. The molecule has 0 unspecified atom stereocenters. The number of carbonyl (C=O) groups excluding carboxylic acids is 1. The molecule has 0 aromatic heterocycles. The minimum absolute atomic E-state index is 0.0660. The van der Waals surface area contributed by atoms with Crippen molar-refractivity contribution >= 4 is 5.91 Å². The van der Waals surface area contributed by atoms with Gasteiger partial charge in [0.05, 0.1) is 13.1 Å². The molecule has 2 aromatic carbocycles. The maximum Gasteiger partial charge on any atom is 0.236 e. The number of hydrogen-bond acceptors (Lipinski definition) is 4. The summed E-state index contributed by atoms with van der Waals surface area (Å²) in [6, 6.07) is 17.6. The molecule has 2 aromatic rings. The number of ether oxygens (including phenoxy) is 1. The fraction of sp³-hybridized carbons (Fsp3) is 0.381. The molecule has 2 heterocycles. The Bertz CT molecular complexity index is 780. The molecule has 26 heavy (non-hydrogen) atoms. The standard InChI is InChI=1S/C21H24N2O3/c24-20(15-22-12-13-26-19-9-5-4-6-17(19)14-22)23-11-10-21(25,16-23)18-7-2-1-3-8-18/h1-9,25H,10-16H2/t21-/m0/s1. The fourth-order valence-corrected chi connectivity index (χ4v) is 3.80. The highest BCUT2D eigenvalue weighted by Gasteiger charge is 2.39. The van der Waals surface area contributed by atoms with Crippen molar-refractivity contribution in [3.05, 3.63) is 65.7 Å². The molecular formula is C21H24N2O3. The van der Waals surface area contributed by atoms with Crippen molar-refractivity contribution in [3.63, 3.8) is 0 Å². The van der Waals surface area contributed by atoms with E-state index in [0.717, 1.165) is 23.4 Å². The molecule has 1 N–H and O–H groups in total. The van der Waals surface area contributed by atoms with E-state index in [9.17, 15) is 9.90 Å². The smallest absolute Gasteiger partial charge is 0.236 e. The van der Waals surface area contributed by atoms with Crippen molar-refractivity contribution in [2.24, 2.45) is 0 Å². The summed E-state index contributed by atoms with van der Waals surface area (Å²) in [7, 11) is 0. The van der Waals surface area contributed by atoms with Gasteiger partial charge in [0.15, 0.2) is 0 Å². The first-order valence-electron chi connectivity index (χ1n) is 9.13. The lowest BCUT2D eigenvalue weighted by Crippen LogP contribution is -2.41. The number of fused-ring (bicyclic) bond motifs is 1. The number of amides is 1. The van der Waals surface area contributed by atoms with Crippen molar-refractivity contribution in [2.45, 2.75) is 18.6 Å². The quantitative estimate of drug-likeness (QED) is 0.918. The number of carbonyl (C=O) groups is 1. The van der Waals surface area contributed by atoms with Crippen LogP contribution in [-0.2, 0) is 16.9 Å². The van der Waals surface area contributed by atoms with Crippen molar-refractivity contribution in [3.8, 4) is 5.75 Å². The molecule has 2 aliphatic heterocycles. The Labute approximate surface area is 153 Å². The van der Waals surface area contributed by atoms with E-state index in [4.69, 9.17) is 4.74 Å². The van der Waals surface area contributed by atoms with Crippen LogP contribution in [0.25, 0.3) is 0 Å². The van der Waals surface area contributed by atoms with Crippen molar-refractivity contribution in [2.75, 3.05) is 32.8 Å². The van der Waals surface area contributed by atoms with E-state index in [2.05, 4.69) is 4.90 Å². The summed E-state index contributed by atoms with van der Waals surface area (Å²) in [5.41, 5.74) is 1.05. The normalized spacial score (nSPS) is 23.2. The second-order valence-corrected chi connectivity index (χ2v) is 7.13. The first-order chi connectivity index (χ1) is 12.6. The van der Waals surface area contributed by atoms with Gasteiger partial charge in [0.1, 0.15) is 18.0 Å². The maximum atomic E-state index is 12.8. The Kier molecular flexibility index (Phi) is 4.66. The van der Waals surface area contributed by atoms with E-state index in [-0.39, 0.29) is 5.91 Å². The molecule has 0 aliphatic carbocycles. The number of benzene rings is 2. The highest BCUT2D eigenvalue weighted by Crippen LogP contribution is 2.32. The Morgan fingerprint density at radius 1 is 1.08 bits per heavy atom. The van der Waals surface area contributed by atoms with Crippen LogP contribution in [0.3, 0.4) is 0 Å². The van der Waals surface area contributed by atoms with Crippen LogP contribution in [0.5, 0.6) is 5.75 Å². The topological polar surface area (TPSA) is 53.0 Å². The number of aliphatic hydroxyl groups is 1. The summed E-state index contributed by atoms with van der Waals surface area (Å²) in [6.45, 7) is 3.30. The average molecular weight is 352 g/mol.